The fourth-order valence-electron chi connectivity index (χ4n) is 3.08. The minimum Gasteiger partial charge on any atom is -0.353 e. The summed E-state index contributed by atoms with van der Waals surface area (Å²) in [5, 5.41) is 3.81. The molecule has 144 valence electrons. The number of carbonyl (C=O) groups excluding carboxylic acids is 1. The average Bonchev–Trinajstić information content (AvgIpc) is 3.34. The smallest absolute Gasteiger partial charge is 0.242 e. The number of amides is 1. The number of benzene rings is 1. The van der Waals surface area contributed by atoms with Crippen LogP contribution in [-0.2, 0) is 4.79 Å². The number of nitrogens with zero attached hydrogens (tertiary/aromatic N) is 3. The van der Waals surface area contributed by atoms with Crippen molar-refractivity contribution in [3.63, 3.8) is 0 Å². The van der Waals surface area contributed by atoms with Gasteiger partial charge >= 0.3 is 0 Å². The van der Waals surface area contributed by atoms with E-state index in [4.69, 9.17) is 11.6 Å². The molecular weight excluding hydrogens is 355 g/mol. The monoisotopic (exact) mass is 382 g/mol. The van der Waals surface area contributed by atoms with E-state index in [0.717, 1.165) is 6.42 Å². The first kappa shape index (κ1) is 20.5. The van der Waals surface area contributed by atoms with E-state index in [1.807, 2.05) is 32.7 Å². The van der Waals surface area contributed by atoms with Crippen LogP contribution in [0.2, 0.25) is 5.02 Å². The van der Waals surface area contributed by atoms with E-state index in [1.165, 1.54) is 6.07 Å². The summed E-state index contributed by atoms with van der Waals surface area (Å²) < 4.78 is 14.1. The number of hydrogen-bond acceptors (Lipinski definition) is 2. The Balaban J connectivity index is 2.01. The summed E-state index contributed by atoms with van der Waals surface area (Å²) in [6.07, 6.45) is 0.793. The molecule has 7 heteroatoms. The third kappa shape index (κ3) is 4.87. The van der Waals surface area contributed by atoms with Crippen molar-refractivity contribution in [3.8, 4) is 0 Å². The number of nitrogens with one attached hydrogen (secondary N) is 1. The van der Waals surface area contributed by atoms with Crippen LogP contribution in [0.3, 0.4) is 0 Å². The van der Waals surface area contributed by atoms with E-state index in [2.05, 4.69) is 10.3 Å². The van der Waals surface area contributed by atoms with Crippen LogP contribution < -0.4 is 5.32 Å². The molecule has 0 saturated heterocycles. The van der Waals surface area contributed by atoms with Gasteiger partial charge in [0.2, 0.25) is 5.91 Å². The number of hydrogen-bond donors (Lipinski definition) is 1. The predicted octanol–water partition coefficient (Wildman–Crippen LogP) is 3.10. The zero-order chi connectivity index (χ0) is 19.3. The van der Waals surface area contributed by atoms with Crippen molar-refractivity contribution in [2.45, 2.75) is 39.2 Å². The molecule has 26 heavy (non-hydrogen) atoms. The number of carbonyl (C=O) groups is 1. The molecule has 1 fully saturated rings. The lowest BCUT2D eigenvalue weighted by Crippen LogP contribution is -2.46. The van der Waals surface area contributed by atoms with E-state index < -0.39 is 0 Å². The Morgan fingerprint density at radius 3 is 2.62 bits per heavy atom. The Bertz CT molecular complexity index is 643. The minimum atomic E-state index is -0.272. The van der Waals surface area contributed by atoms with Crippen LogP contribution in [0.5, 0.6) is 0 Å². The van der Waals surface area contributed by atoms with Gasteiger partial charge in [-0.05, 0) is 39.3 Å². The summed E-state index contributed by atoms with van der Waals surface area (Å²) in [6, 6.07) is 4.83. The van der Waals surface area contributed by atoms with Gasteiger partial charge in [0.15, 0.2) is 5.96 Å². The minimum absolute atomic E-state index is 0.0256. The standard InChI is InChI=1S/C19H28ClFN4O/c1-5-22-19(24(4)12-17(26)25(6-2)7-3)23-16-11-13(16)18-14(20)9-8-10-15(18)21/h8-10,13,16H,5-7,11-12H2,1-4H3,(H,22,23). The van der Waals surface area contributed by atoms with Crippen LogP contribution in [-0.4, -0.2) is 60.9 Å². The van der Waals surface area contributed by atoms with Gasteiger partial charge in [-0.15, -0.1) is 0 Å². The van der Waals surface area contributed by atoms with Crippen molar-refractivity contribution in [1.82, 2.24) is 15.1 Å². The molecule has 0 heterocycles. The normalized spacial score (nSPS) is 19.2. The molecule has 0 aromatic heterocycles. The summed E-state index contributed by atoms with van der Waals surface area (Å²) in [7, 11) is 1.84. The lowest BCUT2D eigenvalue weighted by atomic mass is 10.1. The number of aliphatic imine (C=N–C) groups is 1. The first-order valence-corrected chi connectivity index (χ1v) is 9.54. The molecule has 1 saturated carbocycles. The van der Waals surface area contributed by atoms with Crippen LogP contribution in [0.4, 0.5) is 4.39 Å². The summed E-state index contributed by atoms with van der Waals surface area (Å²) >= 11 is 6.17. The lowest BCUT2D eigenvalue weighted by molar-refractivity contribution is -0.131. The third-order valence-corrected chi connectivity index (χ3v) is 4.96. The van der Waals surface area contributed by atoms with Gasteiger partial charge in [-0.2, -0.15) is 0 Å². The van der Waals surface area contributed by atoms with Gasteiger partial charge in [0.1, 0.15) is 5.82 Å². The maximum Gasteiger partial charge on any atom is 0.242 e. The Morgan fingerprint density at radius 2 is 2.04 bits per heavy atom. The SMILES string of the molecule is CCN=C(NC1CC1c1c(F)cccc1Cl)N(C)CC(=O)N(CC)CC. The first-order valence-electron chi connectivity index (χ1n) is 9.16. The van der Waals surface area contributed by atoms with E-state index in [0.29, 0.717) is 36.2 Å². The maximum atomic E-state index is 14.1. The Kier molecular flexibility index (Phi) is 7.26. The first-order chi connectivity index (χ1) is 12.4. The molecule has 1 aromatic carbocycles. The van der Waals surface area contributed by atoms with Crippen molar-refractivity contribution in [2.24, 2.45) is 4.99 Å². The van der Waals surface area contributed by atoms with Gasteiger partial charge in [-0.1, -0.05) is 17.7 Å². The van der Waals surface area contributed by atoms with Crippen molar-refractivity contribution in [3.05, 3.63) is 34.6 Å². The molecule has 0 bridgehead atoms. The maximum absolute atomic E-state index is 14.1. The molecule has 1 aliphatic rings. The molecule has 2 atom stereocenters. The Labute approximate surface area is 160 Å². The highest BCUT2D eigenvalue weighted by atomic mass is 35.5. The van der Waals surface area contributed by atoms with Gasteiger partial charge in [-0.25, -0.2) is 4.39 Å². The molecule has 5 nitrogen and oxygen atoms in total. The molecule has 0 radical (unpaired) electrons. The largest absolute Gasteiger partial charge is 0.353 e. The Hall–Kier alpha value is -1.82. The summed E-state index contributed by atoms with van der Waals surface area (Å²) in [5.74, 6) is 0.476. The van der Waals surface area contributed by atoms with Crippen LogP contribution in [0.25, 0.3) is 0 Å². The highest BCUT2D eigenvalue weighted by Gasteiger charge is 2.42. The van der Waals surface area contributed by atoms with E-state index in [1.54, 1.807) is 17.0 Å². The third-order valence-electron chi connectivity index (χ3n) is 4.63. The fourth-order valence-corrected chi connectivity index (χ4v) is 3.39. The molecule has 2 unspecified atom stereocenters. The number of halogens is 2. The average molecular weight is 383 g/mol. The molecular formula is C19H28ClFN4O. The van der Waals surface area contributed by atoms with Crippen molar-refractivity contribution in [2.75, 3.05) is 33.2 Å². The highest BCUT2D eigenvalue weighted by molar-refractivity contribution is 6.31. The van der Waals surface area contributed by atoms with Crippen LogP contribution in [0, 0.1) is 5.82 Å². The number of likely N-dealkylation sites (N-methyl/N-ethyl adjacent to an activating group) is 2. The van der Waals surface area contributed by atoms with E-state index >= 15 is 0 Å². The molecule has 1 aromatic rings. The second-order valence-corrected chi connectivity index (χ2v) is 6.86. The van der Waals surface area contributed by atoms with Gasteiger partial charge in [0, 0.05) is 49.2 Å². The molecule has 0 spiro atoms. The summed E-state index contributed by atoms with van der Waals surface area (Å²) in [6.45, 7) is 8.11. The van der Waals surface area contributed by atoms with Gasteiger partial charge in [0.25, 0.3) is 0 Å². The Morgan fingerprint density at radius 1 is 1.35 bits per heavy atom. The second-order valence-electron chi connectivity index (χ2n) is 6.45. The van der Waals surface area contributed by atoms with Crippen molar-refractivity contribution in [1.29, 1.82) is 0 Å². The highest BCUT2D eigenvalue weighted by Crippen LogP contribution is 2.44. The van der Waals surface area contributed by atoms with Crippen LogP contribution >= 0.6 is 11.6 Å². The van der Waals surface area contributed by atoms with Gasteiger partial charge in [0.05, 0.1) is 6.54 Å². The lowest BCUT2D eigenvalue weighted by Gasteiger charge is -2.26. The zero-order valence-corrected chi connectivity index (χ0v) is 16.7. The van der Waals surface area contributed by atoms with Gasteiger partial charge < -0.3 is 15.1 Å². The summed E-state index contributed by atoms with van der Waals surface area (Å²) in [4.78, 5) is 20.4. The van der Waals surface area contributed by atoms with E-state index in [-0.39, 0.29) is 30.2 Å². The molecule has 2 rings (SSSR count). The topological polar surface area (TPSA) is 47.9 Å². The quantitative estimate of drug-likeness (QED) is 0.582. The fraction of sp³-hybridized carbons (Fsp3) is 0.579. The molecule has 1 amide bonds. The number of rotatable bonds is 7. The number of guanidine groups is 1. The molecule has 0 aliphatic heterocycles. The molecule has 1 N–H and O–H groups in total. The summed E-state index contributed by atoms with van der Waals surface area (Å²) in [5.41, 5.74) is 0.560. The van der Waals surface area contributed by atoms with Crippen LogP contribution in [0.15, 0.2) is 23.2 Å². The van der Waals surface area contributed by atoms with Crippen molar-refractivity contribution >= 4 is 23.5 Å². The second kappa shape index (κ2) is 9.21. The molecule has 1 aliphatic carbocycles. The van der Waals surface area contributed by atoms with Crippen molar-refractivity contribution < 1.29 is 9.18 Å². The van der Waals surface area contributed by atoms with Crippen LogP contribution in [0.1, 0.15) is 38.7 Å². The zero-order valence-electron chi connectivity index (χ0n) is 15.9. The predicted molar refractivity (Wildman–Crippen MR) is 104 cm³/mol. The van der Waals surface area contributed by atoms with E-state index in [9.17, 15) is 9.18 Å². The van der Waals surface area contributed by atoms with Gasteiger partial charge in [-0.3, -0.25) is 9.79 Å².